The molecule has 1 aromatic rings. The summed E-state index contributed by atoms with van der Waals surface area (Å²) in [6.45, 7) is 0. The van der Waals surface area contributed by atoms with Crippen LogP contribution < -0.4 is 0 Å². The number of ketones is 1. The van der Waals surface area contributed by atoms with Crippen LogP contribution in [0, 0.1) is 0 Å². The molecule has 1 nitrogen and oxygen atoms in total. The summed E-state index contributed by atoms with van der Waals surface area (Å²) in [6, 6.07) is 10.0. The van der Waals surface area contributed by atoms with Crippen LogP contribution in [0.25, 0.3) is 0 Å². The summed E-state index contributed by atoms with van der Waals surface area (Å²) in [5.41, 5.74) is 1.21. The van der Waals surface area contributed by atoms with Gasteiger partial charge in [-0.3, -0.25) is 4.79 Å². The lowest BCUT2D eigenvalue weighted by molar-refractivity contribution is -0.114. The minimum Gasteiger partial charge on any atom is -0.295 e. The second-order valence-corrected chi connectivity index (χ2v) is 3.27. The molecule has 0 amide bonds. The summed E-state index contributed by atoms with van der Waals surface area (Å²) in [5, 5.41) is 0. The van der Waals surface area contributed by atoms with Crippen molar-refractivity contribution in [1.29, 1.82) is 0 Å². The Morgan fingerprint density at radius 3 is 2.62 bits per heavy atom. The summed E-state index contributed by atoms with van der Waals surface area (Å²) < 4.78 is 0. The maximum Gasteiger partial charge on any atom is 0.156 e. The monoisotopic (exact) mass is 238 g/mol. The van der Waals surface area contributed by atoms with Gasteiger partial charge in [0.1, 0.15) is 0 Å². The quantitative estimate of drug-likeness (QED) is 0.738. The molecule has 0 unspecified atom stereocenters. The van der Waals surface area contributed by atoms with E-state index in [9.17, 15) is 4.79 Å². The third-order valence-corrected chi connectivity index (χ3v) is 2.02. The van der Waals surface area contributed by atoms with Gasteiger partial charge in [-0.25, -0.2) is 0 Å². The molecule has 0 aliphatic rings. The van der Waals surface area contributed by atoms with E-state index in [1.54, 1.807) is 11.1 Å². The van der Waals surface area contributed by atoms with Crippen LogP contribution in [0.4, 0.5) is 0 Å². The van der Waals surface area contributed by atoms with Crippen molar-refractivity contribution in [1.82, 2.24) is 0 Å². The predicted octanol–water partition coefficient (Wildman–Crippen LogP) is 3.10. The molecule has 0 radical (unpaired) electrons. The van der Waals surface area contributed by atoms with E-state index in [1.165, 1.54) is 5.56 Å². The molecule has 0 aliphatic carbocycles. The molecule has 0 aliphatic heterocycles. The number of carbonyl (C=O) groups excluding carboxylic acids is 1. The number of allylic oxidation sites excluding steroid dienone is 1. The van der Waals surface area contributed by atoms with Crippen LogP contribution >= 0.6 is 15.9 Å². The van der Waals surface area contributed by atoms with Crippen LogP contribution in [0.5, 0.6) is 0 Å². The summed E-state index contributed by atoms with van der Waals surface area (Å²) in [4.78, 5) is 12.7. The molecule has 0 bridgehead atoms. The van der Waals surface area contributed by atoms with E-state index in [2.05, 4.69) is 15.9 Å². The van der Waals surface area contributed by atoms with Crippen LogP contribution in [-0.2, 0) is 11.2 Å². The highest BCUT2D eigenvalue weighted by Crippen LogP contribution is 2.03. The van der Waals surface area contributed by atoms with Crippen molar-refractivity contribution >= 4 is 21.7 Å². The first kappa shape index (κ1) is 10.2. The molecule has 0 spiro atoms. The third kappa shape index (κ3) is 4.04. The molecular formula is C11H11BrO. The molecule has 1 rings (SSSR count). The zero-order valence-electron chi connectivity index (χ0n) is 7.24. The van der Waals surface area contributed by atoms with Crippen molar-refractivity contribution in [3.63, 3.8) is 0 Å². The van der Waals surface area contributed by atoms with Gasteiger partial charge in [-0.15, -0.1) is 0 Å². The lowest BCUT2D eigenvalue weighted by Crippen LogP contribution is -1.95. The molecule has 0 saturated heterocycles. The minimum atomic E-state index is 0.153. The van der Waals surface area contributed by atoms with Crippen molar-refractivity contribution in [2.24, 2.45) is 0 Å². The number of hydrogen-bond acceptors (Lipinski definition) is 1. The zero-order valence-corrected chi connectivity index (χ0v) is 8.83. The molecule has 0 saturated carbocycles. The van der Waals surface area contributed by atoms with Gasteiger partial charge in [0.05, 0.1) is 0 Å². The van der Waals surface area contributed by atoms with Crippen LogP contribution in [0.2, 0.25) is 0 Å². The molecule has 0 fully saturated rings. The first-order valence-corrected chi connectivity index (χ1v) is 5.08. The van der Waals surface area contributed by atoms with Gasteiger partial charge in [0.2, 0.25) is 0 Å². The SMILES string of the molecule is O=C(C=CBr)CCc1ccccc1. The van der Waals surface area contributed by atoms with E-state index in [-0.39, 0.29) is 5.78 Å². The Morgan fingerprint density at radius 2 is 2.00 bits per heavy atom. The Labute approximate surface area is 86.6 Å². The fourth-order valence-electron chi connectivity index (χ4n) is 1.07. The third-order valence-electron chi connectivity index (χ3n) is 1.75. The molecule has 68 valence electrons. The maximum atomic E-state index is 11.1. The lowest BCUT2D eigenvalue weighted by atomic mass is 10.1. The molecular weight excluding hydrogens is 228 g/mol. The lowest BCUT2D eigenvalue weighted by Gasteiger charge is -1.96. The number of benzene rings is 1. The Hall–Kier alpha value is -0.890. The van der Waals surface area contributed by atoms with Gasteiger partial charge in [-0.2, -0.15) is 0 Å². The van der Waals surface area contributed by atoms with Crippen molar-refractivity contribution in [3.8, 4) is 0 Å². The van der Waals surface area contributed by atoms with Crippen molar-refractivity contribution < 1.29 is 4.79 Å². The largest absolute Gasteiger partial charge is 0.295 e. The second kappa shape index (κ2) is 5.70. The van der Waals surface area contributed by atoms with Crippen molar-refractivity contribution in [2.75, 3.05) is 0 Å². The minimum absolute atomic E-state index is 0.153. The highest BCUT2D eigenvalue weighted by molar-refractivity contribution is 9.11. The highest BCUT2D eigenvalue weighted by atomic mass is 79.9. The summed E-state index contributed by atoms with van der Waals surface area (Å²) >= 11 is 3.07. The first-order chi connectivity index (χ1) is 6.33. The maximum absolute atomic E-state index is 11.1. The molecule has 2 heteroatoms. The topological polar surface area (TPSA) is 17.1 Å². The molecule has 13 heavy (non-hydrogen) atoms. The first-order valence-electron chi connectivity index (χ1n) is 4.16. The summed E-state index contributed by atoms with van der Waals surface area (Å²) in [6.07, 6.45) is 2.94. The molecule has 0 aromatic heterocycles. The van der Waals surface area contributed by atoms with Crippen LogP contribution in [0.15, 0.2) is 41.4 Å². The Morgan fingerprint density at radius 1 is 1.31 bits per heavy atom. The Bertz CT molecular complexity index is 290. The van der Waals surface area contributed by atoms with E-state index in [1.807, 2.05) is 30.3 Å². The normalized spacial score (nSPS) is 10.5. The number of aryl methyl sites for hydroxylation is 1. The smallest absolute Gasteiger partial charge is 0.156 e. The van der Waals surface area contributed by atoms with Crippen LogP contribution in [0.1, 0.15) is 12.0 Å². The van der Waals surface area contributed by atoms with Crippen molar-refractivity contribution in [3.05, 3.63) is 47.0 Å². The van der Waals surface area contributed by atoms with Gasteiger partial charge >= 0.3 is 0 Å². The van der Waals surface area contributed by atoms with Gasteiger partial charge in [0.25, 0.3) is 0 Å². The van der Waals surface area contributed by atoms with Gasteiger partial charge < -0.3 is 0 Å². The predicted molar refractivity (Wildman–Crippen MR) is 57.8 cm³/mol. The molecule has 0 atom stereocenters. The van der Waals surface area contributed by atoms with E-state index >= 15 is 0 Å². The van der Waals surface area contributed by atoms with Crippen molar-refractivity contribution in [2.45, 2.75) is 12.8 Å². The standard InChI is InChI=1S/C11H11BrO/c12-9-8-11(13)7-6-10-4-2-1-3-5-10/h1-5,8-9H,6-7H2. The molecule has 1 aromatic carbocycles. The van der Waals surface area contributed by atoms with E-state index < -0.39 is 0 Å². The van der Waals surface area contributed by atoms with Gasteiger partial charge in [0.15, 0.2) is 5.78 Å². The fraction of sp³-hybridized carbons (Fsp3) is 0.182. The number of rotatable bonds is 4. The number of hydrogen-bond donors (Lipinski definition) is 0. The van der Waals surface area contributed by atoms with Crippen LogP contribution in [-0.4, -0.2) is 5.78 Å². The van der Waals surface area contributed by atoms with E-state index in [0.717, 1.165) is 6.42 Å². The summed E-state index contributed by atoms with van der Waals surface area (Å²) in [7, 11) is 0. The fourth-order valence-corrected chi connectivity index (χ4v) is 1.36. The van der Waals surface area contributed by atoms with Gasteiger partial charge in [0, 0.05) is 6.42 Å². The van der Waals surface area contributed by atoms with Crippen LogP contribution in [0.3, 0.4) is 0 Å². The average molecular weight is 239 g/mol. The zero-order chi connectivity index (χ0) is 9.52. The highest BCUT2D eigenvalue weighted by Gasteiger charge is 1.97. The molecule has 0 N–H and O–H groups in total. The summed E-state index contributed by atoms with van der Waals surface area (Å²) in [5.74, 6) is 0.153. The Balaban J connectivity index is 2.40. The van der Waals surface area contributed by atoms with E-state index in [0.29, 0.717) is 6.42 Å². The molecule has 0 heterocycles. The van der Waals surface area contributed by atoms with E-state index in [4.69, 9.17) is 0 Å². The van der Waals surface area contributed by atoms with Gasteiger partial charge in [-0.05, 0) is 23.0 Å². The Kier molecular flexibility index (Phi) is 4.47. The second-order valence-electron chi connectivity index (χ2n) is 2.74. The van der Waals surface area contributed by atoms with Gasteiger partial charge in [-0.1, -0.05) is 46.3 Å². The number of halogens is 1. The average Bonchev–Trinajstić information content (AvgIpc) is 2.17. The number of carbonyl (C=O) groups is 1.